The molecule has 3 heterocycles. The van der Waals surface area contributed by atoms with E-state index in [9.17, 15) is 0 Å². The van der Waals surface area contributed by atoms with Gasteiger partial charge in [0, 0.05) is 36.9 Å². The zero-order valence-electron chi connectivity index (χ0n) is 11.4. The molecule has 1 unspecified atom stereocenters. The molecule has 4 nitrogen and oxygen atoms in total. The molecule has 0 aromatic carbocycles. The molecule has 0 spiro atoms. The largest absolute Gasteiger partial charge is 0.368 e. The number of pyridine rings is 1. The summed E-state index contributed by atoms with van der Waals surface area (Å²) in [7, 11) is 4.34. The molecule has 1 saturated heterocycles. The molecule has 2 aromatic rings. The summed E-state index contributed by atoms with van der Waals surface area (Å²) in [5.74, 6) is 0. The maximum atomic E-state index is 4.41. The maximum Gasteiger partial charge on any atom is 0.139 e. The molecule has 0 aliphatic carbocycles. The average Bonchev–Trinajstić information content (AvgIpc) is 2.87. The fraction of sp³-hybridized carbons (Fsp3) is 0.500. The highest BCUT2D eigenvalue weighted by Gasteiger charge is 2.24. The van der Waals surface area contributed by atoms with Gasteiger partial charge in [0.05, 0.1) is 10.2 Å². The average molecular weight is 323 g/mol. The summed E-state index contributed by atoms with van der Waals surface area (Å²) in [6, 6.07) is 2.74. The quantitative estimate of drug-likeness (QED) is 0.923. The van der Waals surface area contributed by atoms with Crippen molar-refractivity contribution in [1.29, 1.82) is 0 Å². The molecule has 0 saturated carbocycles. The summed E-state index contributed by atoms with van der Waals surface area (Å²) < 4.78 is 1.08. The van der Waals surface area contributed by atoms with E-state index in [1.165, 1.54) is 23.9 Å². The van der Waals surface area contributed by atoms with Gasteiger partial charge in [-0.2, -0.15) is 0 Å². The molecule has 3 rings (SSSR count). The fourth-order valence-electron chi connectivity index (χ4n) is 2.87. The third-order valence-corrected chi connectivity index (χ3v) is 4.54. The van der Waals surface area contributed by atoms with Gasteiger partial charge in [0.2, 0.25) is 0 Å². The van der Waals surface area contributed by atoms with Crippen LogP contribution in [0.25, 0.3) is 11.0 Å². The van der Waals surface area contributed by atoms with Gasteiger partial charge in [0.1, 0.15) is 5.65 Å². The normalized spacial score (nSPS) is 20.4. The topological polar surface area (TPSA) is 35.2 Å². The summed E-state index contributed by atoms with van der Waals surface area (Å²) >= 11 is 3.66. The van der Waals surface area contributed by atoms with E-state index in [4.69, 9.17) is 0 Å². The van der Waals surface area contributed by atoms with Crippen molar-refractivity contribution in [2.75, 3.05) is 32.1 Å². The summed E-state index contributed by atoms with van der Waals surface area (Å²) in [5, 5.41) is 1.20. The highest BCUT2D eigenvalue weighted by molar-refractivity contribution is 9.10. The minimum atomic E-state index is 0.628. The predicted molar refractivity (Wildman–Crippen MR) is 82.7 cm³/mol. The van der Waals surface area contributed by atoms with Crippen LogP contribution in [-0.2, 0) is 0 Å². The van der Waals surface area contributed by atoms with E-state index in [2.05, 4.69) is 55.9 Å². The second-order valence-electron chi connectivity index (χ2n) is 5.40. The van der Waals surface area contributed by atoms with Gasteiger partial charge in [0.25, 0.3) is 0 Å². The van der Waals surface area contributed by atoms with Crippen LogP contribution in [0.3, 0.4) is 0 Å². The lowest BCUT2D eigenvalue weighted by Crippen LogP contribution is -2.45. The molecule has 1 aliphatic rings. The Morgan fingerprint density at radius 3 is 3.11 bits per heavy atom. The first-order valence-corrected chi connectivity index (χ1v) is 7.49. The Bertz CT molecular complexity index is 578. The molecule has 1 aliphatic heterocycles. The maximum absolute atomic E-state index is 4.41. The number of likely N-dealkylation sites (N-methyl/N-ethyl adjacent to an activating group) is 1. The predicted octanol–water partition coefficient (Wildman–Crippen LogP) is 2.86. The highest BCUT2D eigenvalue weighted by Crippen LogP contribution is 2.34. The minimum Gasteiger partial charge on any atom is -0.368 e. The number of aromatic nitrogens is 2. The Hall–Kier alpha value is -1.07. The van der Waals surface area contributed by atoms with E-state index in [-0.39, 0.29) is 0 Å². The van der Waals surface area contributed by atoms with Crippen molar-refractivity contribution < 1.29 is 0 Å². The van der Waals surface area contributed by atoms with Crippen LogP contribution in [0.5, 0.6) is 0 Å². The zero-order valence-corrected chi connectivity index (χ0v) is 12.9. The van der Waals surface area contributed by atoms with Crippen LogP contribution in [0.1, 0.15) is 12.8 Å². The molecule has 1 atom stereocenters. The molecule has 0 bridgehead atoms. The van der Waals surface area contributed by atoms with Crippen molar-refractivity contribution in [3.8, 4) is 0 Å². The second kappa shape index (κ2) is 5.13. The fourth-order valence-corrected chi connectivity index (χ4v) is 3.44. The number of nitrogens with one attached hydrogen (secondary N) is 1. The van der Waals surface area contributed by atoms with Crippen molar-refractivity contribution in [2.24, 2.45) is 0 Å². The van der Waals surface area contributed by atoms with Crippen molar-refractivity contribution in [1.82, 2.24) is 14.9 Å². The Balaban J connectivity index is 1.99. The first-order chi connectivity index (χ1) is 9.16. The molecule has 5 heteroatoms. The number of H-pyrrole nitrogens is 1. The molecule has 2 aromatic heterocycles. The van der Waals surface area contributed by atoms with Crippen LogP contribution >= 0.6 is 15.9 Å². The van der Waals surface area contributed by atoms with Crippen LogP contribution in [0.4, 0.5) is 5.69 Å². The lowest BCUT2D eigenvalue weighted by atomic mass is 10.0. The number of rotatable bonds is 2. The molecule has 0 radical (unpaired) electrons. The van der Waals surface area contributed by atoms with Crippen LogP contribution in [-0.4, -0.2) is 48.1 Å². The zero-order chi connectivity index (χ0) is 13.4. The standard InChI is InChI=1S/C14H19BrN4/c1-18(2)10-4-3-7-19(9-10)13-11-5-6-16-14(11)17-8-12(13)15/h5-6,8,10H,3-4,7,9H2,1-2H3,(H,16,17). The van der Waals surface area contributed by atoms with Crippen molar-refractivity contribution in [2.45, 2.75) is 18.9 Å². The Morgan fingerprint density at radius 1 is 1.47 bits per heavy atom. The summed E-state index contributed by atoms with van der Waals surface area (Å²) in [6.45, 7) is 2.20. The highest BCUT2D eigenvalue weighted by atomic mass is 79.9. The van der Waals surface area contributed by atoms with Crippen LogP contribution < -0.4 is 4.90 Å². The van der Waals surface area contributed by atoms with Crippen LogP contribution in [0, 0.1) is 0 Å². The number of piperidine rings is 1. The van der Waals surface area contributed by atoms with Gasteiger partial charge in [-0.25, -0.2) is 4.98 Å². The van der Waals surface area contributed by atoms with Crippen molar-refractivity contribution in [3.63, 3.8) is 0 Å². The van der Waals surface area contributed by atoms with Crippen LogP contribution in [0.15, 0.2) is 22.9 Å². The second-order valence-corrected chi connectivity index (χ2v) is 6.25. The monoisotopic (exact) mass is 322 g/mol. The van der Waals surface area contributed by atoms with E-state index in [1.807, 2.05) is 12.4 Å². The molecular formula is C14H19BrN4. The Kier molecular flexibility index (Phi) is 3.50. The smallest absolute Gasteiger partial charge is 0.139 e. The number of hydrogen-bond acceptors (Lipinski definition) is 3. The summed E-state index contributed by atoms with van der Waals surface area (Å²) in [4.78, 5) is 12.4. The number of anilines is 1. The molecule has 0 amide bonds. The van der Waals surface area contributed by atoms with Gasteiger partial charge >= 0.3 is 0 Å². The third-order valence-electron chi connectivity index (χ3n) is 3.96. The van der Waals surface area contributed by atoms with Crippen molar-refractivity contribution in [3.05, 3.63) is 22.9 Å². The summed E-state index contributed by atoms with van der Waals surface area (Å²) in [6.07, 6.45) is 6.38. The molecule has 102 valence electrons. The molecule has 1 N–H and O–H groups in total. The van der Waals surface area contributed by atoms with Gasteiger partial charge < -0.3 is 14.8 Å². The molecular weight excluding hydrogens is 304 g/mol. The minimum absolute atomic E-state index is 0.628. The summed E-state index contributed by atoms with van der Waals surface area (Å²) in [5.41, 5.74) is 2.24. The van der Waals surface area contributed by atoms with Gasteiger partial charge in [-0.3, -0.25) is 0 Å². The molecule has 19 heavy (non-hydrogen) atoms. The number of hydrogen-bond donors (Lipinski definition) is 1. The Morgan fingerprint density at radius 2 is 2.32 bits per heavy atom. The van der Waals surface area contributed by atoms with Gasteiger partial charge in [-0.1, -0.05) is 0 Å². The lowest BCUT2D eigenvalue weighted by molar-refractivity contribution is 0.258. The van der Waals surface area contributed by atoms with Gasteiger partial charge in [-0.05, 0) is 48.9 Å². The third kappa shape index (κ3) is 2.37. The van der Waals surface area contributed by atoms with E-state index >= 15 is 0 Å². The number of halogens is 1. The SMILES string of the molecule is CN(C)C1CCCN(c2c(Br)cnc3[nH]ccc23)C1. The van der Waals surface area contributed by atoms with Gasteiger partial charge in [0.15, 0.2) is 0 Å². The van der Waals surface area contributed by atoms with Crippen molar-refractivity contribution >= 4 is 32.7 Å². The van der Waals surface area contributed by atoms with E-state index in [0.717, 1.165) is 23.2 Å². The van der Waals surface area contributed by atoms with E-state index < -0.39 is 0 Å². The Labute approximate surface area is 121 Å². The van der Waals surface area contributed by atoms with Crippen LogP contribution in [0.2, 0.25) is 0 Å². The lowest BCUT2D eigenvalue weighted by Gasteiger charge is -2.38. The number of nitrogens with zero attached hydrogens (tertiary/aromatic N) is 3. The van der Waals surface area contributed by atoms with Gasteiger partial charge in [-0.15, -0.1) is 0 Å². The number of fused-ring (bicyclic) bond motifs is 1. The number of aromatic amines is 1. The first kappa shape index (κ1) is 12.9. The molecule has 1 fully saturated rings. The first-order valence-electron chi connectivity index (χ1n) is 6.70. The van der Waals surface area contributed by atoms with E-state index in [0.29, 0.717) is 6.04 Å². The van der Waals surface area contributed by atoms with E-state index in [1.54, 1.807) is 0 Å².